The first-order valence-electron chi connectivity index (χ1n) is 6.11. The van der Waals surface area contributed by atoms with Gasteiger partial charge in [0.25, 0.3) is 10.2 Å². The van der Waals surface area contributed by atoms with E-state index in [1.807, 2.05) is 0 Å². The van der Waals surface area contributed by atoms with Gasteiger partial charge in [-0.2, -0.15) is 17.0 Å². The maximum absolute atomic E-state index is 12.3. The van der Waals surface area contributed by atoms with Crippen molar-refractivity contribution in [2.45, 2.75) is 38.1 Å². The molecule has 0 aromatic heterocycles. The Balaban J connectivity index is 2.00. The molecular weight excluding hydrogens is 226 g/mol. The van der Waals surface area contributed by atoms with Crippen LogP contribution < -0.4 is 5.73 Å². The predicted octanol–water partition coefficient (Wildman–Crippen LogP) is 0.140. The standard InChI is InChI=1S/C10H21N3O2S/c11-10-4-8-13(9-5-10)16(14,15)12-6-2-1-3-7-12/h10H,1-9,11H2. The van der Waals surface area contributed by atoms with E-state index >= 15 is 0 Å². The van der Waals surface area contributed by atoms with Crippen LogP contribution in [0.1, 0.15) is 32.1 Å². The highest BCUT2D eigenvalue weighted by atomic mass is 32.2. The monoisotopic (exact) mass is 247 g/mol. The van der Waals surface area contributed by atoms with Gasteiger partial charge in [-0.05, 0) is 25.7 Å². The van der Waals surface area contributed by atoms with Gasteiger partial charge in [0.1, 0.15) is 0 Å². The molecule has 0 spiro atoms. The summed E-state index contributed by atoms with van der Waals surface area (Å²) in [7, 11) is -3.20. The zero-order valence-corrected chi connectivity index (χ0v) is 10.5. The molecule has 2 rings (SSSR count). The largest absolute Gasteiger partial charge is 0.328 e. The lowest BCUT2D eigenvalue weighted by Crippen LogP contribution is -2.50. The van der Waals surface area contributed by atoms with Crippen molar-refractivity contribution in [1.82, 2.24) is 8.61 Å². The molecule has 0 amide bonds. The molecule has 2 aliphatic rings. The Hall–Kier alpha value is -0.170. The molecule has 0 bridgehead atoms. The molecule has 2 saturated heterocycles. The van der Waals surface area contributed by atoms with Crippen LogP contribution in [0.2, 0.25) is 0 Å². The van der Waals surface area contributed by atoms with E-state index in [0.717, 1.165) is 32.1 Å². The van der Waals surface area contributed by atoms with Crippen molar-refractivity contribution in [3.05, 3.63) is 0 Å². The van der Waals surface area contributed by atoms with Crippen molar-refractivity contribution in [2.24, 2.45) is 5.73 Å². The van der Waals surface area contributed by atoms with E-state index in [4.69, 9.17) is 5.73 Å². The summed E-state index contributed by atoms with van der Waals surface area (Å²) >= 11 is 0. The van der Waals surface area contributed by atoms with Gasteiger partial charge in [-0.3, -0.25) is 0 Å². The summed E-state index contributed by atoms with van der Waals surface area (Å²) < 4.78 is 27.7. The van der Waals surface area contributed by atoms with Gasteiger partial charge in [0.2, 0.25) is 0 Å². The number of hydrogen-bond donors (Lipinski definition) is 1. The first-order valence-corrected chi connectivity index (χ1v) is 7.51. The Morgan fingerprint density at radius 1 is 0.875 bits per heavy atom. The van der Waals surface area contributed by atoms with E-state index < -0.39 is 10.2 Å². The second-order valence-electron chi connectivity index (χ2n) is 4.70. The summed E-state index contributed by atoms with van der Waals surface area (Å²) in [6.07, 6.45) is 4.70. The number of nitrogens with zero attached hydrogens (tertiary/aromatic N) is 2. The molecule has 5 nitrogen and oxygen atoms in total. The number of rotatable bonds is 2. The van der Waals surface area contributed by atoms with E-state index in [9.17, 15) is 8.42 Å². The molecule has 0 saturated carbocycles. The molecule has 0 aromatic carbocycles. The smallest absolute Gasteiger partial charge is 0.281 e. The second kappa shape index (κ2) is 5.00. The summed E-state index contributed by atoms with van der Waals surface area (Å²) in [6.45, 7) is 2.54. The van der Waals surface area contributed by atoms with E-state index in [-0.39, 0.29) is 6.04 Å². The first-order chi connectivity index (χ1) is 7.60. The lowest BCUT2D eigenvalue weighted by molar-refractivity contribution is 0.271. The van der Waals surface area contributed by atoms with Crippen LogP contribution in [0.5, 0.6) is 0 Å². The normalized spacial score (nSPS) is 27.1. The van der Waals surface area contributed by atoms with E-state index in [1.54, 1.807) is 8.61 Å². The summed E-state index contributed by atoms with van der Waals surface area (Å²) in [5, 5.41) is 0. The first kappa shape index (κ1) is 12.3. The van der Waals surface area contributed by atoms with Crippen molar-refractivity contribution < 1.29 is 8.42 Å². The molecule has 0 radical (unpaired) electrons. The lowest BCUT2D eigenvalue weighted by atomic mass is 10.1. The molecule has 2 heterocycles. The predicted molar refractivity (Wildman–Crippen MR) is 63.1 cm³/mol. The Bertz CT molecular complexity index is 317. The lowest BCUT2D eigenvalue weighted by Gasteiger charge is -2.35. The molecule has 0 aliphatic carbocycles. The van der Waals surface area contributed by atoms with Gasteiger partial charge in [-0.1, -0.05) is 6.42 Å². The van der Waals surface area contributed by atoms with Crippen LogP contribution in [0.25, 0.3) is 0 Å². The van der Waals surface area contributed by atoms with Gasteiger partial charge in [0, 0.05) is 32.2 Å². The van der Waals surface area contributed by atoms with Gasteiger partial charge in [-0.15, -0.1) is 0 Å². The minimum Gasteiger partial charge on any atom is -0.328 e. The average Bonchev–Trinajstić information content (AvgIpc) is 2.31. The van der Waals surface area contributed by atoms with E-state index in [0.29, 0.717) is 26.2 Å². The van der Waals surface area contributed by atoms with Crippen LogP contribution in [0, 0.1) is 0 Å². The fourth-order valence-electron chi connectivity index (χ4n) is 2.37. The van der Waals surface area contributed by atoms with Gasteiger partial charge < -0.3 is 5.73 Å². The highest BCUT2D eigenvalue weighted by Crippen LogP contribution is 2.19. The molecule has 2 fully saturated rings. The third-order valence-corrected chi connectivity index (χ3v) is 5.50. The minimum atomic E-state index is -3.20. The molecule has 2 aliphatic heterocycles. The fraction of sp³-hybridized carbons (Fsp3) is 1.00. The molecule has 16 heavy (non-hydrogen) atoms. The van der Waals surface area contributed by atoms with Crippen LogP contribution in [0.3, 0.4) is 0 Å². The third-order valence-electron chi connectivity index (χ3n) is 3.47. The van der Waals surface area contributed by atoms with E-state index in [1.165, 1.54) is 0 Å². The van der Waals surface area contributed by atoms with Gasteiger partial charge >= 0.3 is 0 Å². The molecule has 94 valence electrons. The maximum atomic E-state index is 12.3. The number of piperidine rings is 2. The van der Waals surface area contributed by atoms with Crippen LogP contribution in [-0.2, 0) is 10.2 Å². The Morgan fingerprint density at radius 2 is 1.38 bits per heavy atom. The fourth-order valence-corrected chi connectivity index (χ4v) is 4.08. The van der Waals surface area contributed by atoms with Crippen LogP contribution in [0.15, 0.2) is 0 Å². The maximum Gasteiger partial charge on any atom is 0.281 e. The summed E-state index contributed by atoms with van der Waals surface area (Å²) in [5.74, 6) is 0. The van der Waals surface area contributed by atoms with Crippen molar-refractivity contribution in [3.63, 3.8) is 0 Å². The molecule has 0 atom stereocenters. The molecular formula is C10H21N3O2S. The summed E-state index contributed by atoms with van der Waals surface area (Å²) in [6, 6.07) is 0.174. The van der Waals surface area contributed by atoms with Crippen molar-refractivity contribution in [2.75, 3.05) is 26.2 Å². The van der Waals surface area contributed by atoms with Crippen molar-refractivity contribution in [3.8, 4) is 0 Å². The SMILES string of the molecule is NC1CCN(S(=O)(=O)N2CCCCC2)CC1. The topological polar surface area (TPSA) is 66.6 Å². The Kier molecular flexibility index (Phi) is 3.84. The molecule has 0 aromatic rings. The highest BCUT2D eigenvalue weighted by Gasteiger charge is 2.32. The average molecular weight is 247 g/mol. The van der Waals surface area contributed by atoms with Crippen LogP contribution in [0.4, 0.5) is 0 Å². The van der Waals surface area contributed by atoms with Crippen molar-refractivity contribution >= 4 is 10.2 Å². The third kappa shape index (κ3) is 2.56. The Labute approximate surface area is 97.8 Å². The van der Waals surface area contributed by atoms with Crippen LogP contribution in [-0.4, -0.2) is 49.2 Å². The molecule has 0 unspecified atom stereocenters. The molecule has 6 heteroatoms. The zero-order valence-electron chi connectivity index (χ0n) is 9.64. The quantitative estimate of drug-likeness (QED) is 0.755. The van der Waals surface area contributed by atoms with Gasteiger partial charge in [0.05, 0.1) is 0 Å². The van der Waals surface area contributed by atoms with Crippen LogP contribution >= 0.6 is 0 Å². The highest BCUT2D eigenvalue weighted by molar-refractivity contribution is 7.86. The van der Waals surface area contributed by atoms with Gasteiger partial charge in [0.15, 0.2) is 0 Å². The minimum absolute atomic E-state index is 0.174. The van der Waals surface area contributed by atoms with Gasteiger partial charge in [-0.25, -0.2) is 0 Å². The second-order valence-corrected chi connectivity index (χ2v) is 6.63. The summed E-state index contributed by atoms with van der Waals surface area (Å²) in [5.41, 5.74) is 5.78. The zero-order chi connectivity index (χ0) is 11.6. The number of nitrogens with two attached hydrogens (primary N) is 1. The van der Waals surface area contributed by atoms with Crippen molar-refractivity contribution in [1.29, 1.82) is 0 Å². The van der Waals surface area contributed by atoms with E-state index in [2.05, 4.69) is 0 Å². The summed E-state index contributed by atoms with van der Waals surface area (Å²) in [4.78, 5) is 0. The molecule has 2 N–H and O–H groups in total. The Morgan fingerprint density at radius 3 is 1.94 bits per heavy atom. The number of hydrogen-bond acceptors (Lipinski definition) is 3.